The summed E-state index contributed by atoms with van der Waals surface area (Å²) in [6, 6.07) is 0. The van der Waals surface area contributed by atoms with E-state index in [4.69, 9.17) is 4.74 Å². The highest BCUT2D eigenvalue weighted by molar-refractivity contribution is 5.84. The third-order valence-electron chi connectivity index (χ3n) is 3.80. The number of hydrogen-bond donors (Lipinski definition) is 0. The fraction of sp³-hybridized carbons (Fsp3) is 0.909. The Morgan fingerprint density at radius 1 is 1.43 bits per heavy atom. The van der Waals surface area contributed by atoms with Crippen molar-refractivity contribution in [3.05, 3.63) is 0 Å². The first-order valence-corrected chi connectivity index (χ1v) is 5.50. The van der Waals surface area contributed by atoms with Gasteiger partial charge in [0.15, 0.2) is 0 Å². The molecule has 0 saturated heterocycles. The van der Waals surface area contributed by atoms with Gasteiger partial charge in [-0.3, -0.25) is 0 Å². The molecule has 0 amide bonds. The summed E-state index contributed by atoms with van der Waals surface area (Å²) in [7, 11) is 0. The zero-order valence-corrected chi connectivity index (χ0v) is 8.75. The summed E-state index contributed by atoms with van der Waals surface area (Å²) in [5.74, 6) is -0.0640. The second-order valence-corrected chi connectivity index (χ2v) is 4.45. The molecule has 0 N–H and O–H groups in total. The van der Waals surface area contributed by atoms with E-state index in [9.17, 15) is 9.18 Å². The van der Waals surface area contributed by atoms with Gasteiger partial charge in [0.1, 0.15) is 0 Å². The van der Waals surface area contributed by atoms with Crippen LogP contribution < -0.4 is 0 Å². The van der Waals surface area contributed by atoms with Crippen LogP contribution in [0.15, 0.2) is 0 Å². The number of ether oxygens (including phenoxy) is 1. The number of fused-ring (bicyclic) bond motifs is 1. The van der Waals surface area contributed by atoms with Gasteiger partial charge in [0.05, 0.1) is 6.61 Å². The van der Waals surface area contributed by atoms with Crippen LogP contribution in [0.1, 0.15) is 33.1 Å². The molecule has 2 nitrogen and oxygen atoms in total. The van der Waals surface area contributed by atoms with E-state index in [0.29, 0.717) is 5.92 Å². The molecule has 0 aromatic heterocycles. The Labute approximate surface area is 83.8 Å². The van der Waals surface area contributed by atoms with E-state index in [1.54, 1.807) is 6.92 Å². The minimum Gasteiger partial charge on any atom is -0.464 e. The molecular formula is C11H17FO2. The monoisotopic (exact) mass is 200 g/mol. The number of alkyl halides is 1. The van der Waals surface area contributed by atoms with Crippen molar-refractivity contribution in [1.29, 1.82) is 0 Å². The van der Waals surface area contributed by atoms with Gasteiger partial charge in [0, 0.05) is 11.8 Å². The normalized spacial score (nSPS) is 44.6. The Kier molecular flexibility index (Phi) is 2.28. The first-order valence-electron chi connectivity index (χ1n) is 5.50. The Bertz CT molecular complexity index is 240. The maximum atomic E-state index is 14.0. The van der Waals surface area contributed by atoms with Gasteiger partial charge in [0.2, 0.25) is 5.67 Å². The highest BCUT2D eigenvalue weighted by atomic mass is 19.1. The SMILES string of the molecule is CCOC(=O)C1(F)C2CC(CC)CC21. The van der Waals surface area contributed by atoms with Gasteiger partial charge >= 0.3 is 5.97 Å². The minimum atomic E-state index is -1.61. The fourth-order valence-electron chi connectivity index (χ4n) is 2.86. The molecule has 3 heteroatoms. The molecule has 0 bridgehead atoms. The van der Waals surface area contributed by atoms with Crippen LogP contribution in [0.5, 0.6) is 0 Å². The number of carbonyl (C=O) groups is 1. The molecule has 0 radical (unpaired) electrons. The van der Waals surface area contributed by atoms with Gasteiger partial charge in [-0.05, 0) is 25.7 Å². The maximum absolute atomic E-state index is 14.0. The Morgan fingerprint density at radius 2 is 2.00 bits per heavy atom. The highest BCUT2D eigenvalue weighted by Gasteiger charge is 2.74. The molecule has 0 heterocycles. The van der Waals surface area contributed by atoms with E-state index in [1.165, 1.54) is 0 Å². The lowest BCUT2D eigenvalue weighted by Gasteiger charge is -2.15. The molecule has 0 aromatic rings. The molecule has 2 aliphatic carbocycles. The summed E-state index contributed by atoms with van der Waals surface area (Å²) in [5, 5.41) is 0. The summed E-state index contributed by atoms with van der Waals surface area (Å²) in [4.78, 5) is 11.3. The second-order valence-electron chi connectivity index (χ2n) is 4.45. The third kappa shape index (κ3) is 1.17. The summed E-state index contributed by atoms with van der Waals surface area (Å²) < 4.78 is 18.8. The van der Waals surface area contributed by atoms with Crippen molar-refractivity contribution in [3.63, 3.8) is 0 Å². The number of carbonyl (C=O) groups excluding carboxylic acids is 1. The van der Waals surface area contributed by atoms with Gasteiger partial charge in [-0.2, -0.15) is 0 Å². The molecule has 2 aliphatic rings. The van der Waals surface area contributed by atoms with Gasteiger partial charge < -0.3 is 4.74 Å². The van der Waals surface area contributed by atoms with Gasteiger partial charge in [-0.25, -0.2) is 9.18 Å². The standard InChI is InChI=1S/C11H17FO2/c1-3-7-5-8-9(6-7)11(8,12)10(13)14-4-2/h7-9H,3-6H2,1-2H3. The number of hydrogen-bond acceptors (Lipinski definition) is 2. The summed E-state index contributed by atoms with van der Waals surface area (Å²) in [6.45, 7) is 4.12. The smallest absolute Gasteiger partial charge is 0.344 e. The molecular weight excluding hydrogens is 183 g/mol. The van der Waals surface area contributed by atoms with Gasteiger partial charge in [-0.15, -0.1) is 0 Å². The van der Waals surface area contributed by atoms with Crippen LogP contribution in [0.3, 0.4) is 0 Å². The van der Waals surface area contributed by atoms with Crippen molar-refractivity contribution in [2.45, 2.75) is 38.8 Å². The lowest BCUT2D eigenvalue weighted by molar-refractivity contribution is -0.152. The average molecular weight is 200 g/mol. The number of rotatable bonds is 3. The van der Waals surface area contributed by atoms with Crippen LogP contribution in [-0.2, 0) is 9.53 Å². The molecule has 2 saturated carbocycles. The number of halogens is 1. The van der Waals surface area contributed by atoms with Crippen molar-refractivity contribution in [1.82, 2.24) is 0 Å². The van der Waals surface area contributed by atoms with Gasteiger partial charge in [-0.1, -0.05) is 13.3 Å². The van der Waals surface area contributed by atoms with Crippen molar-refractivity contribution >= 4 is 5.97 Å². The summed E-state index contributed by atoms with van der Waals surface area (Å²) >= 11 is 0. The van der Waals surface area contributed by atoms with E-state index in [1.807, 2.05) is 0 Å². The molecule has 2 unspecified atom stereocenters. The lowest BCUT2D eigenvalue weighted by atomic mass is 9.96. The van der Waals surface area contributed by atoms with Crippen LogP contribution in [0.25, 0.3) is 0 Å². The Morgan fingerprint density at radius 3 is 2.43 bits per heavy atom. The molecule has 0 aliphatic heterocycles. The van der Waals surface area contributed by atoms with Crippen LogP contribution in [-0.4, -0.2) is 18.2 Å². The Hall–Kier alpha value is -0.600. The fourth-order valence-corrected chi connectivity index (χ4v) is 2.86. The first-order chi connectivity index (χ1) is 6.64. The molecule has 0 aromatic carbocycles. The van der Waals surface area contributed by atoms with Crippen LogP contribution in [0.2, 0.25) is 0 Å². The molecule has 2 atom stereocenters. The molecule has 2 rings (SSSR count). The zero-order chi connectivity index (χ0) is 10.3. The molecule has 0 spiro atoms. The van der Waals surface area contributed by atoms with Crippen LogP contribution in [0, 0.1) is 17.8 Å². The number of esters is 1. The van der Waals surface area contributed by atoms with Crippen molar-refractivity contribution < 1.29 is 13.9 Å². The largest absolute Gasteiger partial charge is 0.464 e. The molecule has 2 fully saturated rings. The van der Waals surface area contributed by atoms with Crippen molar-refractivity contribution in [2.24, 2.45) is 17.8 Å². The lowest BCUT2D eigenvalue weighted by Crippen LogP contribution is -2.27. The maximum Gasteiger partial charge on any atom is 0.344 e. The second kappa shape index (κ2) is 3.21. The predicted molar refractivity (Wildman–Crippen MR) is 50.5 cm³/mol. The van der Waals surface area contributed by atoms with Crippen molar-refractivity contribution in [3.8, 4) is 0 Å². The quantitative estimate of drug-likeness (QED) is 0.653. The summed E-state index contributed by atoms with van der Waals surface area (Å²) in [5.41, 5.74) is -1.61. The first kappa shape index (κ1) is 9.94. The zero-order valence-electron chi connectivity index (χ0n) is 8.75. The average Bonchev–Trinajstić information content (AvgIpc) is 2.61. The minimum absolute atomic E-state index is 0.0356. The van der Waals surface area contributed by atoms with Crippen molar-refractivity contribution in [2.75, 3.05) is 6.61 Å². The molecule has 14 heavy (non-hydrogen) atoms. The van der Waals surface area contributed by atoms with E-state index in [2.05, 4.69) is 6.92 Å². The van der Waals surface area contributed by atoms with E-state index < -0.39 is 11.6 Å². The van der Waals surface area contributed by atoms with E-state index in [-0.39, 0.29) is 18.4 Å². The highest BCUT2D eigenvalue weighted by Crippen LogP contribution is 2.65. The van der Waals surface area contributed by atoms with Crippen LogP contribution >= 0.6 is 0 Å². The molecule has 80 valence electrons. The third-order valence-corrected chi connectivity index (χ3v) is 3.80. The van der Waals surface area contributed by atoms with E-state index in [0.717, 1.165) is 19.3 Å². The van der Waals surface area contributed by atoms with Crippen LogP contribution in [0.4, 0.5) is 4.39 Å². The van der Waals surface area contributed by atoms with E-state index >= 15 is 0 Å². The Balaban J connectivity index is 1.95. The summed E-state index contributed by atoms with van der Waals surface area (Å²) in [6.07, 6.45) is 2.85. The van der Waals surface area contributed by atoms with Gasteiger partial charge in [0.25, 0.3) is 0 Å². The topological polar surface area (TPSA) is 26.3 Å². The predicted octanol–water partition coefficient (Wildman–Crippen LogP) is 2.32.